The molecule has 1 saturated heterocycles. The summed E-state index contributed by atoms with van der Waals surface area (Å²) in [6, 6.07) is 2.00. The Bertz CT molecular complexity index is 585. The van der Waals surface area contributed by atoms with Gasteiger partial charge in [0.05, 0.1) is 16.8 Å². The van der Waals surface area contributed by atoms with E-state index in [2.05, 4.69) is 15.0 Å². The molecule has 0 spiro atoms. The molecule has 0 bridgehead atoms. The molecular formula is C12H15N5S. The molecule has 0 aliphatic carbocycles. The van der Waals surface area contributed by atoms with Gasteiger partial charge in [0.2, 0.25) is 0 Å². The van der Waals surface area contributed by atoms with Crippen molar-refractivity contribution in [1.82, 2.24) is 14.6 Å². The van der Waals surface area contributed by atoms with Crippen LogP contribution in [-0.2, 0) is 0 Å². The van der Waals surface area contributed by atoms with Crippen molar-refractivity contribution < 1.29 is 0 Å². The van der Waals surface area contributed by atoms with Gasteiger partial charge in [-0.1, -0.05) is 0 Å². The lowest BCUT2D eigenvalue weighted by Gasteiger charge is -2.16. The average molecular weight is 261 g/mol. The van der Waals surface area contributed by atoms with Crippen molar-refractivity contribution in [1.29, 1.82) is 5.41 Å². The second-order valence-electron chi connectivity index (χ2n) is 4.34. The maximum atomic E-state index is 7.91. The Morgan fingerprint density at radius 1 is 1.39 bits per heavy atom. The van der Waals surface area contributed by atoms with Gasteiger partial charge in [-0.25, -0.2) is 9.50 Å². The molecule has 1 N–H and O–H groups in total. The van der Waals surface area contributed by atoms with Crippen LogP contribution in [0.5, 0.6) is 0 Å². The second-order valence-corrected chi connectivity index (χ2v) is 5.16. The third-order valence-corrected chi connectivity index (χ3v) is 3.86. The summed E-state index contributed by atoms with van der Waals surface area (Å²) in [4.78, 5) is 6.95. The summed E-state index contributed by atoms with van der Waals surface area (Å²) in [5, 5.41) is 12.7. The van der Waals surface area contributed by atoms with E-state index in [0.717, 1.165) is 30.1 Å². The van der Waals surface area contributed by atoms with Crippen LogP contribution in [0.15, 0.2) is 18.5 Å². The smallest absolute Gasteiger partial charge is 0.167 e. The number of thioether (sulfide) groups is 1. The van der Waals surface area contributed by atoms with Crippen LogP contribution in [0.25, 0.3) is 5.65 Å². The van der Waals surface area contributed by atoms with E-state index >= 15 is 0 Å². The van der Waals surface area contributed by atoms with Crippen molar-refractivity contribution in [3.05, 3.63) is 24.0 Å². The standard InChI is InChI=1S/C12H15N5S/c1-18-11(13)9-8-14-17-7-4-10(15-12(9)17)16-5-2-3-6-16/h4,7-8,13H,2-3,5-6H2,1H3. The summed E-state index contributed by atoms with van der Waals surface area (Å²) in [5.74, 6) is 0.996. The van der Waals surface area contributed by atoms with E-state index in [1.807, 2.05) is 18.5 Å². The van der Waals surface area contributed by atoms with Crippen molar-refractivity contribution in [2.24, 2.45) is 0 Å². The Kier molecular flexibility index (Phi) is 2.95. The summed E-state index contributed by atoms with van der Waals surface area (Å²) in [7, 11) is 0. The lowest BCUT2D eigenvalue weighted by molar-refractivity contribution is 0.898. The quantitative estimate of drug-likeness (QED) is 0.663. The molecule has 5 nitrogen and oxygen atoms in total. The molecule has 2 aromatic rings. The van der Waals surface area contributed by atoms with Crippen molar-refractivity contribution in [2.75, 3.05) is 24.2 Å². The summed E-state index contributed by atoms with van der Waals surface area (Å²) < 4.78 is 1.74. The van der Waals surface area contributed by atoms with Gasteiger partial charge in [-0.05, 0) is 25.2 Å². The SMILES string of the molecule is CSC(=N)c1cnn2ccc(N3CCCC3)nc12. The minimum Gasteiger partial charge on any atom is -0.357 e. The lowest BCUT2D eigenvalue weighted by Crippen LogP contribution is -2.19. The first-order valence-corrected chi connectivity index (χ1v) is 7.24. The monoisotopic (exact) mass is 261 g/mol. The maximum absolute atomic E-state index is 7.91. The van der Waals surface area contributed by atoms with E-state index < -0.39 is 0 Å². The number of rotatable bonds is 2. The fourth-order valence-corrected chi connectivity index (χ4v) is 2.62. The summed E-state index contributed by atoms with van der Waals surface area (Å²) in [6.07, 6.45) is 8.01. The normalized spacial score (nSPS) is 15.5. The fourth-order valence-electron chi connectivity index (χ4n) is 2.25. The van der Waals surface area contributed by atoms with Crippen LogP contribution in [0, 0.1) is 5.41 Å². The second kappa shape index (κ2) is 4.61. The molecule has 3 rings (SSSR count). The highest BCUT2D eigenvalue weighted by atomic mass is 32.2. The Balaban J connectivity index is 2.06. The van der Waals surface area contributed by atoms with E-state index in [4.69, 9.17) is 5.41 Å². The fraction of sp³-hybridized carbons (Fsp3) is 0.417. The van der Waals surface area contributed by atoms with Gasteiger partial charge in [-0.3, -0.25) is 5.41 Å². The Morgan fingerprint density at radius 3 is 2.89 bits per heavy atom. The van der Waals surface area contributed by atoms with E-state index in [1.165, 1.54) is 24.6 Å². The predicted octanol–water partition coefficient (Wildman–Crippen LogP) is 2.02. The van der Waals surface area contributed by atoms with Crippen LogP contribution in [0.4, 0.5) is 5.82 Å². The van der Waals surface area contributed by atoms with Gasteiger partial charge >= 0.3 is 0 Å². The number of aromatic nitrogens is 3. The first kappa shape index (κ1) is 11.5. The van der Waals surface area contributed by atoms with E-state index in [-0.39, 0.29) is 0 Å². The third-order valence-electron chi connectivity index (χ3n) is 3.23. The van der Waals surface area contributed by atoms with Gasteiger partial charge in [0.1, 0.15) is 5.82 Å². The van der Waals surface area contributed by atoms with Gasteiger partial charge in [0, 0.05) is 19.3 Å². The molecule has 18 heavy (non-hydrogen) atoms. The largest absolute Gasteiger partial charge is 0.357 e. The van der Waals surface area contributed by atoms with Crippen molar-refractivity contribution in [2.45, 2.75) is 12.8 Å². The molecule has 2 aromatic heterocycles. The molecule has 1 aliphatic rings. The highest BCUT2D eigenvalue weighted by Crippen LogP contribution is 2.21. The van der Waals surface area contributed by atoms with Crippen molar-refractivity contribution in [3.8, 4) is 0 Å². The first-order chi connectivity index (χ1) is 8.79. The Hall–Kier alpha value is -1.56. The Morgan fingerprint density at radius 2 is 2.17 bits per heavy atom. The molecule has 0 radical (unpaired) electrons. The lowest BCUT2D eigenvalue weighted by atomic mass is 10.3. The molecule has 6 heteroatoms. The number of anilines is 1. The van der Waals surface area contributed by atoms with E-state index in [1.54, 1.807) is 10.7 Å². The minimum absolute atomic E-state index is 0.510. The molecule has 1 fully saturated rings. The third kappa shape index (κ3) is 1.86. The highest BCUT2D eigenvalue weighted by Gasteiger charge is 2.16. The Labute approximate surface area is 110 Å². The van der Waals surface area contributed by atoms with Crippen molar-refractivity contribution >= 4 is 28.3 Å². The molecule has 3 heterocycles. The zero-order valence-electron chi connectivity index (χ0n) is 10.3. The number of nitrogens with one attached hydrogen (secondary N) is 1. The van der Waals surface area contributed by atoms with Gasteiger partial charge in [0.25, 0.3) is 0 Å². The van der Waals surface area contributed by atoms with E-state index in [9.17, 15) is 0 Å². The summed E-state index contributed by atoms with van der Waals surface area (Å²) >= 11 is 1.41. The number of hydrogen-bond donors (Lipinski definition) is 1. The predicted molar refractivity (Wildman–Crippen MR) is 74.8 cm³/mol. The maximum Gasteiger partial charge on any atom is 0.167 e. The number of fused-ring (bicyclic) bond motifs is 1. The van der Waals surface area contributed by atoms with Crippen molar-refractivity contribution in [3.63, 3.8) is 0 Å². The molecule has 0 amide bonds. The summed E-state index contributed by atoms with van der Waals surface area (Å²) in [6.45, 7) is 2.15. The first-order valence-electron chi connectivity index (χ1n) is 6.02. The highest BCUT2D eigenvalue weighted by molar-refractivity contribution is 8.13. The molecular weight excluding hydrogens is 246 g/mol. The van der Waals surface area contributed by atoms with Gasteiger partial charge in [0.15, 0.2) is 5.65 Å². The molecule has 1 aliphatic heterocycles. The zero-order valence-corrected chi connectivity index (χ0v) is 11.1. The zero-order chi connectivity index (χ0) is 12.5. The molecule has 94 valence electrons. The van der Waals surface area contributed by atoms with Crippen LogP contribution in [0.3, 0.4) is 0 Å². The van der Waals surface area contributed by atoms with Crippen LogP contribution < -0.4 is 4.90 Å². The molecule has 0 saturated carbocycles. The topological polar surface area (TPSA) is 57.3 Å². The number of nitrogens with zero attached hydrogens (tertiary/aromatic N) is 4. The van der Waals surface area contributed by atoms with Gasteiger partial charge in [-0.15, -0.1) is 11.8 Å². The van der Waals surface area contributed by atoms with Crippen LogP contribution in [-0.4, -0.2) is 39.0 Å². The minimum atomic E-state index is 0.510. The molecule has 0 atom stereocenters. The van der Waals surface area contributed by atoms with E-state index in [0.29, 0.717) is 5.04 Å². The van der Waals surface area contributed by atoms with Gasteiger partial charge in [-0.2, -0.15) is 5.10 Å². The average Bonchev–Trinajstić information content (AvgIpc) is 3.06. The van der Waals surface area contributed by atoms with Crippen LogP contribution in [0.2, 0.25) is 0 Å². The molecule has 0 aromatic carbocycles. The number of hydrogen-bond acceptors (Lipinski definition) is 5. The molecule has 0 unspecified atom stereocenters. The van der Waals surface area contributed by atoms with Gasteiger partial charge < -0.3 is 4.90 Å². The van der Waals surface area contributed by atoms with Crippen LogP contribution in [0.1, 0.15) is 18.4 Å². The van der Waals surface area contributed by atoms with Crippen LogP contribution >= 0.6 is 11.8 Å². The summed E-state index contributed by atoms with van der Waals surface area (Å²) in [5.41, 5.74) is 1.59.